The number of nitrogens with zero attached hydrogens (tertiary/aromatic N) is 2. The Hall–Kier alpha value is -2.49. The minimum atomic E-state index is -3.66. The highest BCUT2D eigenvalue weighted by Gasteiger charge is 2.18. The van der Waals surface area contributed by atoms with Crippen molar-refractivity contribution in [1.29, 1.82) is 0 Å². The second kappa shape index (κ2) is 10.2. The third kappa shape index (κ3) is 5.52. The highest BCUT2D eigenvalue weighted by atomic mass is 35.5. The van der Waals surface area contributed by atoms with Crippen LogP contribution in [0.5, 0.6) is 0 Å². The highest BCUT2D eigenvalue weighted by molar-refractivity contribution is 7.89. The Balaban J connectivity index is 1.21. The fourth-order valence-corrected chi connectivity index (χ4v) is 6.70. The van der Waals surface area contributed by atoms with Crippen LogP contribution in [0.4, 0.5) is 0 Å². The Bertz CT molecular complexity index is 1510. The van der Waals surface area contributed by atoms with Crippen LogP contribution in [-0.2, 0) is 29.5 Å². The number of rotatable bonds is 8. The Kier molecular flexibility index (Phi) is 7.09. The standard InChI is InChI=1S/C26H26ClN3O3S2/c27-22-8-6-19(7-9-22)17-30-24-11-10-23(16-25(24)34-26(30)31)35(32,33)28-13-3-14-29-15-12-20-4-1-2-5-21(20)18-29/h1-2,4-11,16,28H,3,12-15,17-18H2. The fraction of sp³-hybridized carbons (Fsp3) is 0.269. The number of thiazole rings is 1. The summed E-state index contributed by atoms with van der Waals surface area (Å²) in [6.45, 7) is 3.51. The summed E-state index contributed by atoms with van der Waals surface area (Å²) in [6.07, 6.45) is 1.76. The first-order chi connectivity index (χ1) is 16.9. The van der Waals surface area contributed by atoms with E-state index in [0.717, 1.165) is 54.9 Å². The molecule has 0 unspecified atom stereocenters. The molecule has 35 heavy (non-hydrogen) atoms. The van der Waals surface area contributed by atoms with Crippen molar-refractivity contribution in [2.75, 3.05) is 19.6 Å². The summed E-state index contributed by atoms with van der Waals surface area (Å²) in [6, 6.07) is 20.7. The third-order valence-corrected chi connectivity index (χ3v) is 9.01. The molecule has 4 aromatic rings. The largest absolute Gasteiger partial charge is 0.308 e. The zero-order chi connectivity index (χ0) is 24.4. The monoisotopic (exact) mass is 527 g/mol. The number of nitrogens with one attached hydrogen (secondary N) is 1. The lowest BCUT2D eigenvalue weighted by Crippen LogP contribution is -2.33. The highest BCUT2D eigenvalue weighted by Crippen LogP contribution is 2.23. The molecule has 9 heteroatoms. The summed E-state index contributed by atoms with van der Waals surface area (Å²) in [5.74, 6) is 0. The van der Waals surface area contributed by atoms with E-state index in [2.05, 4.69) is 33.9 Å². The minimum Gasteiger partial charge on any atom is -0.299 e. The molecule has 6 nitrogen and oxygen atoms in total. The van der Waals surface area contributed by atoms with Crippen LogP contribution in [-0.4, -0.2) is 37.5 Å². The van der Waals surface area contributed by atoms with Gasteiger partial charge in [0.25, 0.3) is 0 Å². The molecule has 0 spiro atoms. The summed E-state index contributed by atoms with van der Waals surface area (Å²) < 4.78 is 30.8. The molecule has 0 saturated carbocycles. The van der Waals surface area contributed by atoms with Crippen LogP contribution < -0.4 is 9.60 Å². The molecular formula is C26H26ClN3O3S2. The summed E-state index contributed by atoms with van der Waals surface area (Å²) in [5, 5.41) is 0.639. The van der Waals surface area contributed by atoms with Crippen LogP contribution in [0, 0.1) is 0 Å². The molecule has 0 saturated heterocycles. The number of hydrogen-bond donors (Lipinski definition) is 1. The Morgan fingerprint density at radius 2 is 1.77 bits per heavy atom. The van der Waals surface area contributed by atoms with Gasteiger partial charge in [0.05, 0.1) is 21.7 Å². The van der Waals surface area contributed by atoms with Gasteiger partial charge in [-0.1, -0.05) is 59.3 Å². The van der Waals surface area contributed by atoms with Crippen molar-refractivity contribution < 1.29 is 8.42 Å². The molecule has 0 atom stereocenters. The minimum absolute atomic E-state index is 0.124. The third-order valence-electron chi connectivity index (χ3n) is 6.36. The number of fused-ring (bicyclic) bond motifs is 2. The second-order valence-corrected chi connectivity index (χ2v) is 12.0. The molecule has 1 aromatic heterocycles. The van der Waals surface area contributed by atoms with Gasteiger partial charge in [0.15, 0.2) is 0 Å². The fourth-order valence-electron chi connectivity index (χ4n) is 4.47. The van der Waals surface area contributed by atoms with Crippen molar-refractivity contribution in [3.63, 3.8) is 0 Å². The average Bonchev–Trinajstić information content (AvgIpc) is 3.17. The Morgan fingerprint density at radius 3 is 2.57 bits per heavy atom. The van der Waals surface area contributed by atoms with Crippen molar-refractivity contribution in [1.82, 2.24) is 14.2 Å². The molecule has 2 heterocycles. The van der Waals surface area contributed by atoms with Crippen LogP contribution >= 0.6 is 22.9 Å². The van der Waals surface area contributed by atoms with E-state index < -0.39 is 10.0 Å². The molecule has 1 N–H and O–H groups in total. The van der Waals surface area contributed by atoms with Crippen LogP contribution in [0.1, 0.15) is 23.1 Å². The molecule has 1 aliphatic rings. The summed E-state index contributed by atoms with van der Waals surface area (Å²) in [5.41, 5.74) is 4.44. The van der Waals surface area contributed by atoms with Crippen LogP contribution in [0.2, 0.25) is 5.02 Å². The van der Waals surface area contributed by atoms with Crippen molar-refractivity contribution in [3.8, 4) is 0 Å². The summed E-state index contributed by atoms with van der Waals surface area (Å²) in [7, 11) is -3.66. The first-order valence-corrected chi connectivity index (χ1v) is 14.2. The van der Waals surface area contributed by atoms with Crippen LogP contribution in [0.25, 0.3) is 10.2 Å². The molecule has 1 aliphatic heterocycles. The molecule has 0 amide bonds. The van der Waals surface area contributed by atoms with E-state index in [0.29, 0.717) is 22.8 Å². The van der Waals surface area contributed by atoms with Gasteiger partial charge in [-0.25, -0.2) is 13.1 Å². The first-order valence-electron chi connectivity index (χ1n) is 11.6. The molecule has 3 aromatic carbocycles. The Labute approximate surface area is 213 Å². The number of halogens is 1. The first kappa shape index (κ1) is 24.2. The predicted octanol–water partition coefficient (Wildman–Crippen LogP) is 4.49. The van der Waals surface area contributed by atoms with E-state index in [-0.39, 0.29) is 9.77 Å². The average molecular weight is 528 g/mol. The van der Waals surface area contributed by atoms with E-state index >= 15 is 0 Å². The van der Waals surface area contributed by atoms with E-state index in [1.165, 1.54) is 11.1 Å². The lowest BCUT2D eigenvalue weighted by Gasteiger charge is -2.28. The number of hydrogen-bond acceptors (Lipinski definition) is 5. The van der Waals surface area contributed by atoms with Gasteiger partial charge in [-0.2, -0.15) is 0 Å². The summed E-state index contributed by atoms with van der Waals surface area (Å²) in [4.78, 5) is 15.0. The molecular weight excluding hydrogens is 502 g/mol. The zero-order valence-corrected chi connectivity index (χ0v) is 21.5. The quantitative estimate of drug-likeness (QED) is 0.343. The molecule has 5 rings (SSSR count). The molecule has 0 radical (unpaired) electrons. The van der Waals surface area contributed by atoms with E-state index in [1.54, 1.807) is 34.9 Å². The normalized spacial score (nSPS) is 14.3. The van der Waals surface area contributed by atoms with E-state index in [1.807, 2.05) is 12.1 Å². The SMILES string of the molecule is O=c1sc2cc(S(=O)(=O)NCCCN3CCc4ccccc4C3)ccc2n1Cc1ccc(Cl)cc1. The van der Waals surface area contributed by atoms with Crippen molar-refractivity contribution in [2.45, 2.75) is 30.8 Å². The van der Waals surface area contributed by atoms with E-state index in [4.69, 9.17) is 11.6 Å². The van der Waals surface area contributed by atoms with Crippen molar-refractivity contribution >= 4 is 43.2 Å². The van der Waals surface area contributed by atoms with Gasteiger partial charge in [0, 0.05) is 24.7 Å². The van der Waals surface area contributed by atoms with Gasteiger partial charge in [-0.05, 0) is 66.4 Å². The number of aromatic nitrogens is 1. The maximum atomic E-state index is 12.9. The predicted molar refractivity (Wildman–Crippen MR) is 142 cm³/mol. The molecule has 182 valence electrons. The van der Waals surface area contributed by atoms with Crippen molar-refractivity contribution in [2.24, 2.45) is 0 Å². The van der Waals surface area contributed by atoms with Crippen LogP contribution in [0.3, 0.4) is 0 Å². The van der Waals surface area contributed by atoms with Gasteiger partial charge in [0.2, 0.25) is 10.0 Å². The molecule has 0 bridgehead atoms. The van der Waals surface area contributed by atoms with Gasteiger partial charge in [0.1, 0.15) is 0 Å². The van der Waals surface area contributed by atoms with E-state index in [9.17, 15) is 13.2 Å². The number of sulfonamides is 1. The lowest BCUT2D eigenvalue weighted by molar-refractivity contribution is 0.251. The lowest BCUT2D eigenvalue weighted by atomic mass is 10.00. The van der Waals surface area contributed by atoms with Gasteiger partial charge < -0.3 is 0 Å². The topological polar surface area (TPSA) is 71.4 Å². The molecule has 0 aliphatic carbocycles. The maximum Gasteiger partial charge on any atom is 0.308 e. The summed E-state index contributed by atoms with van der Waals surface area (Å²) >= 11 is 7.01. The smallest absolute Gasteiger partial charge is 0.299 e. The van der Waals surface area contributed by atoms with Crippen LogP contribution in [0.15, 0.2) is 76.4 Å². The van der Waals surface area contributed by atoms with Gasteiger partial charge in [-0.15, -0.1) is 0 Å². The van der Waals surface area contributed by atoms with Gasteiger partial charge >= 0.3 is 4.87 Å². The maximum absolute atomic E-state index is 12.9. The second-order valence-electron chi connectivity index (χ2n) is 8.76. The zero-order valence-electron chi connectivity index (χ0n) is 19.1. The van der Waals surface area contributed by atoms with Crippen molar-refractivity contribution in [3.05, 3.63) is 98.1 Å². The number of benzene rings is 3. The Morgan fingerprint density at radius 1 is 1.00 bits per heavy atom. The van der Waals surface area contributed by atoms with Gasteiger partial charge in [-0.3, -0.25) is 14.3 Å². The molecule has 0 fully saturated rings.